The van der Waals surface area contributed by atoms with Gasteiger partial charge in [0.1, 0.15) is 0 Å². The Balaban J connectivity index is 2.33. The maximum atomic E-state index is 3.86. The van der Waals surface area contributed by atoms with E-state index in [1.807, 2.05) is 0 Å². The van der Waals surface area contributed by atoms with Gasteiger partial charge < -0.3 is 5.32 Å². The lowest BCUT2D eigenvalue weighted by atomic mass is 10.2. The minimum absolute atomic E-state index is 0.563. The van der Waals surface area contributed by atoms with E-state index in [1.165, 1.54) is 13.0 Å². The first-order valence-electron chi connectivity index (χ1n) is 4.95. The Morgan fingerprint density at radius 2 is 2.31 bits per heavy atom. The van der Waals surface area contributed by atoms with Crippen molar-refractivity contribution in [1.82, 2.24) is 10.2 Å². The van der Waals surface area contributed by atoms with Gasteiger partial charge in [-0.05, 0) is 26.3 Å². The number of allylic oxidation sites excluding steroid dienone is 1. The van der Waals surface area contributed by atoms with E-state index in [9.17, 15) is 0 Å². The first-order valence-corrected chi connectivity index (χ1v) is 4.95. The molecule has 0 aromatic heterocycles. The highest BCUT2D eigenvalue weighted by Crippen LogP contribution is 2.13. The molecule has 0 saturated carbocycles. The molecule has 1 rings (SSSR count). The molecule has 1 aliphatic rings. The second-order valence-corrected chi connectivity index (χ2v) is 3.95. The largest absolute Gasteiger partial charge is 0.381 e. The third kappa shape index (κ3) is 2.88. The van der Waals surface area contributed by atoms with E-state index in [0.29, 0.717) is 12.1 Å². The maximum Gasteiger partial charge on any atom is 0.0400 e. The summed E-state index contributed by atoms with van der Waals surface area (Å²) in [6.07, 6.45) is 2.99. The van der Waals surface area contributed by atoms with Crippen molar-refractivity contribution in [3.8, 4) is 0 Å². The van der Waals surface area contributed by atoms with Crippen LogP contribution in [0.5, 0.6) is 0 Å². The fraction of sp³-hybridized carbons (Fsp3) is 0.636. The highest BCUT2D eigenvalue weighted by Gasteiger charge is 2.23. The van der Waals surface area contributed by atoms with Crippen molar-refractivity contribution in [3.63, 3.8) is 0 Å². The van der Waals surface area contributed by atoms with Crippen LogP contribution in [0.3, 0.4) is 0 Å². The fourth-order valence-corrected chi connectivity index (χ4v) is 1.70. The van der Waals surface area contributed by atoms with Gasteiger partial charge in [0, 0.05) is 30.9 Å². The van der Waals surface area contributed by atoms with Gasteiger partial charge in [-0.15, -0.1) is 0 Å². The second kappa shape index (κ2) is 4.47. The van der Waals surface area contributed by atoms with Gasteiger partial charge in [-0.2, -0.15) is 0 Å². The van der Waals surface area contributed by atoms with Crippen LogP contribution in [0.1, 0.15) is 20.3 Å². The quantitative estimate of drug-likeness (QED) is 0.663. The first kappa shape index (κ1) is 10.3. The van der Waals surface area contributed by atoms with Crippen molar-refractivity contribution < 1.29 is 0 Å². The van der Waals surface area contributed by atoms with Gasteiger partial charge in [0.2, 0.25) is 0 Å². The van der Waals surface area contributed by atoms with Crippen molar-refractivity contribution in [2.75, 3.05) is 13.1 Å². The molecular formula is C11H20N2. The van der Waals surface area contributed by atoms with Gasteiger partial charge in [-0.3, -0.25) is 4.90 Å². The molecule has 0 aliphatic carbocycles. The molecule has 0 bridgehead atoms. The molecule has 1 aliphatic heterocycles. The lowest BCUT2D eigenvalue weighted by Crippen LogP contribution is -2.34. The lowest BCUT2D eigenvalue weighted by Gasteiger charge is -2.20. The minimum Gasteiger partial charge on any atom is -0.381 e. The van der Waals surface area contributed by atoms with Gasteiger partial charge in [0.25, 0.3) is 0 Å². The molecule has 74 valence electrons. The predicted molar refractivity (Wildman–Crippen MR) is 57.6 cm³/mol. The number of hydrogen-bond acceptors (Lipinski definition) is 2. The van der Waals surface area contributed by atoms with E-state index in [-0.39, 0.29) is 0 Å². The Labute approximate surface area is 81.3 Å². The van der Waals surface area contributed by atoms with Crippen molar-refractivity contribution in [2.45, 2.75) is 32.4 Å². The smallest absolute Gasteiger partial charge is 0.0400 e. The van der Waals surface area contributed by atoms with Crippen molar-refractivity contribution in [1.29, 1.82) is 0 Å². The van der Waals surface area contributed by atoms with Crippen LogP contribution in [0, 0.1) is 0 Å². The molecule has 0 aromatic carbocycles. The Kier molecular flexibility index (Phi) is 3.55. The molecule has 0 aromatic rings. The molecule has 0 spiro atoms. The molecule has 1 fully saturated rings. The van der Waals surface area contributed by atoms with Gasteiger partial charge >= 0.3 is 0 Å². The summed E-state index contributed by atoms with van der Waals surface area (Å²) >= 11 is 0. The summed E-state index contributed by atoms with van der Waals surface area (Å²) in [4.78, 5) is 2.48. The maximum absolute atomic E-state index is 3.86. The van der Waals surface area contributed by atoms with Crippen LogP contribution in [0.2, 0.25) is 0 Å². The predicted octanol–water partition coefficient (Wildman–Crippen LogP) is 1.76. The molecule has 0 radical (unpaired) electrons. The summed E-state index contributed by atoms with van der Waals surface area (Å²) in [5, 5.41) is 3.36. The summed E-state index contributed by atoms with van der Waals surface area (Å²) in [5.74, 6) is 0. The summed E-state index contributed by atoms with van der Waals surface area (Å²) < 4.78 is 0. The van der Waals surface area contributed by atoms with E-state index in [4.69, 9.17) is 0 Å². The monoisotopic (exact) mass is 180 g/mol. The molecule has 2 nitrogen and oxygen atoms in total. The van der Waals surface area contributed by atoms with Crippen LogP contribution in [0.25, 0.3) is 0 Å². The molecule has 1 saturated heterocycles. The van der Waals surface area contributed by atoms with Crippen molar-refractivity contribution in [3.05, 3.63) is 24.9 Å². The highest BCUT2D eigenvalue weighted by molar-refractivity contribution is 5.10. The van der Waals surface area contributed by atoms with Crippen LogP contribution in [0.15, 0.2) is 24.9 Å². The number of likely N-dealkylation sites (tertiary alicyclic amines) is 1. The van der Waals surface area contributed by atoms with Gasteiger partial charge in [0.05, 0.1) is 0 Å². The molecule has 13 heavy (non-hydrogen) atoms. The Hall–Kier alpha value is -0.760. The summed E-state index contributed by atoms with van der Waals surface area (Å²) in [5.41, 5.74) is 0.940. The number of rotatable bonds is 4. The van der Waals surface area contributed by atoms with Crippen LogP contribution >= 0.6 is 0 Å². The Morgan fingerprint density at radius 1 is 1.62 bits per heavy atom. The average molecular weight is 180 g/mol. The molecule has 1 unspecified atom stereocenters. The van der Waals surface area contributed by atoms with Gasteiger partial charge in [-0.25, -0.2) is 0 Å². The van der Waals surface area contributed by atoms with E-state index in [0.717, 1.165) is 12.2 Å². The molecular weight excluding hydrogens is 160 g/mol. The van der Waals surface area contributed by atoms with E-state index >= 15 is 0 Å². The zero-order valence-electron chi connectivity index (χ0n) is 8.71. The van der Waals surface area contributed by atoms with Crippen LogP contribution in [-0.4, -0.2) is 30.1 Å². The van der Waals surface area contributed by atoms with Crippen molar-refractivity contribution in [2.24, 2.45) is 0 Å². The molecule has 0 amide bonds. The van der Waals surface area contributed by atoms with Crippen LogP contribution in [-0.2, 0) is 0 Å². The van der Waals surface area contributed by atoms with Crippen LogP contribution < -0.4 is 5.32 Å². The molecule has 1 atom stereocenters. The van der Waals surface area contributed by atoms with E-state index in [1.54, 1.807) is 6.08 Å². The second-order valence-electron chi connectivity index (χ2n) is 3.95. The Morgan fingerprint density at radius 3 is 2.77 bits per heavy atom. The van der Waals surface area contributed by atoms with Crippen molar-refractivity contribution >= 4 is 0 Å². The average Bonchev–Trinajstić information content (AvgIpc) is 2.52. The van der Waals surface area contributed by atoms with Gasteiger partial charge in [0.15, 0.2) is 0 Å². The number of nitrogens with one attached hydrogen (secondary N) is 1. The Bertz CT molecular complexity index is 196. The fourth-order valence-electron chi connectivity index (χ4n) is 1.70. The topological polar surface area (TPSA) is 15.3 Å². The molecule has 1 heterocycles. The number of nitrogens with zero attached hydrogens (tertiary/aromatic N) is 1. The summed E-state index contributed by atoms with van der Waals surface area (Å²) in [6.45, 7) is 14.3. The zero-order valence-corrected chi connectivity index (χ0v) is 8.71. The van der Waals surface area contributed by atoms with Gasteiger partial charge in [-0.1, -0.05) is 13.2 Å². The third-order valence-electron chi connectivity index (χ3n) is 2.59. The lowest BCUT2D eigenvalue weighted by molar-refractivity contribution is 0.270. The van der Waals surface area contributed by atoms with E-state index in [2.05, 4.69) is 37.2 Å². The number of hydrogen-bond donors (Lipinski definition) is 1. The third-order valence-corrected chi connectivity index (χ3v) is 2.59. The van der Waals surface area contributed by atoms with Crippen LogP contribution in [0.4, 0.5) is 0 Å². The first-order chi connectivity index (χ1) is 6.13. The summed E-state index contributed by atoms with van der Waals surface area (Å²) in [7, 11) is 0. The normalized spacial score (nSPS) is 23.5. The molecule has 2 heteroatoms. The molecule has 1 N–H and O–H groups in total. The SMILES string of the molecule is C=CC(=C)NC1CCN(C(C)C)C1. The zero-order chi connectivity index (χ0) is 9.84. The summed E-state index contributed by atoms with van der Waals surface area (Å²) in [6, 6.07) is 1.22. The standard InChI is InChI=1S/C11H20N2/c1-5-10(4)12-11-6-7-13(8-11)9(2)3/h5,9,11-12H,1,4,6-8H2,2-3H3. The van der Waals surface area contributed by atoms with E-state index < -0.39 is 0 Å². The highest BCUT2D eigenvalue weighted by atomic mass is 15.2. The minimum atomic E-state index is 0.563.